The molecule has 0 bridgehead atoms. The van der Waals surface area contributed by atoms with Crippen molar-refractivity contribution in [1.29, 1.82) is 0 Å². The van der Waals surface area contributed by atoms with Gasteiger partial charge in [-0.2, -0.15) is 13.2 Å². The first-order valence-corrected chi connectivity index (χ1v) is 11.9. The van der Waals surface area contributed by atoms with Gasteiger partial charge in [-0.15, -0.1) is 0 Å². The van der Waals surface area contributed by atoms with Crippen molar-refractivity contribution in [2.75, 3.05) is 13.6 Å². The lowest BCUT2D eigenvalue weighted by molar-refractivity contribution is -0.139. The van der Waals surface area contributed by atoms with Gasteiger partial charge in [0.15, 0.2) is 0 Å². The van der Waals surface area contributed by atoms with Crippen LogP contribution in [0.25, 0.3) is 0 Å². The number of nitrogens with one attached hydrogen (secondary N) is 2. The van der Waals surface area contributed by atoms with Crippen LogP contribution in [0.2, 0.25) is 0 Å². The molecule has 2 N–H and O–H groups in total. The topological polar surface area (TPSA) is 94.6 Å². The van der Waals surface area contributed by atoms with Crippen molar-refractivity contribution in [3.05, 3.63) is 76.8 Å². The van der Waals surface area contributed by atoms with Crippen LogP contribution in [0, 0.1) is 5.92 Å². The van der Waals surface area contributed by atoms with Crippen molar-refractivity contribution in [2.24, 2.45) is 5.92 Å². The first-order chi connectivity index (χ1) is 17.5. The van der Waals surface area contributed by atoms with Crippen LogP contribution in [0.15, 0.2) is 60.1 Å². The fraction of sp³-hybridized carbons (Fsp3) is 0.385. The number of urea groups is 1. The van der Waals surface area contributed by atoms with E-state index in [2.05, 4.69) is 15.6 Å². The summed E-state index contributed by atoms with van der Waals surface area (Å²) in [6, 6.07) is 5.61. The first kappa shape index (κ1) is 26.2. The van der Waals surface area contributed by atoms with E-state index in [0.717, 1.165) is 11.6 Å². The molecule has 196 valence electrons. The van der Waals surface area contributed by atoms with Gasteiger partial charge in [-0.25, -0.2) is 4.79 Å². The van der Waals surface area contributed by atoms with Crippen molar-refractivity contribution in [2.45, 2.75) is 45.1 Å². The highest BCUT2D eigenvalue weighted by atomic mass is 19.4. The Balaban J connectivity index is 1.67. The van der Waals surface area contributed by atoms with Crippen LogP contribution >= 0.6 is 0 Å². The highest BCUT2D eigenvalue weighted by molar-refractivity contribution is 6.03. The second-order valence-electron chi connectivity index (χ2n) is 9.54. The molecule has 3 heterocycles. The van der Waals surface area contributed by atoms with Gasteiger partial charge < -0.3 is 15.5 Å². The average molecular weight is 516 g/mol. The molecule has 8 nitrogen and oxygen atoms in total. The van der Waals surface area contributed by atoms with E-state index in [1.54, 1.807) is 24.5 Å². The first-order valence-electron chi connectivity index (χ1n) is 11.9. The summed E-state index contributed by atoms with van der Waals surface area (Å²) in [6.45, 7) is 3.96. The molecule has 2 aliphatic heterocycles. The molecule has 0 saturated heterocycles. The van der Waals surface area contributed by atoms with E-state index in [0.29, 0.717) is 6.42 Å². The van der Waals surface area contributed by atoms with E-state index in [1.165, 1.54) is 35.0 Å². The van der Waals surface area contributed by atoms with Crippen molar-refractivity contribution in [1.82, 2.24) is 25.4 Å². The molecule has 1 aromatic carbocycles. The van der Waals surface area contributed by atoms with Crippen LogP contribution in [-0.4, -0.2) is 52.3 Å². The normalized spacial score (nSPS) is 18.7. The number of nitrogens with zero attached hydrogens (tertiary/aromatic N) is 3. The molecule has 2 aromatic rings. The third-order valence-corrected chi connectivity index (χ3v) is 6.53. The highest BCUT2D eigenvalue weighted by Crippen LogP contribution is 2.41. The number of rotatable bonds is 7. The molecule has 2 atom stereocenters. The largest absolute Gasteiger partial charge is 0.416 e. The second-order valence-corrected chi connectivity index (χ2v) is 9.54. The number of hydrogen-bond donors (Lipinski definition) is 2. The number of carbonyl (C=O) groups is 3. The molecule has 0 radical (unpaired) electrons. The molecule has 0 saturated carbocycles. The summed E-state index contributed by atoms with van der Waals surface area (Å²) in [5.74, 6) is -0.926. The molecule has 11 heteroatoms. The van der Waals surface area contributed by atoms with Crippen LogP contribution in [0.5, 0.6) is 0 Å². The van der Waals surface area contributed by atoms with Crippen molar-refractivity contribution in [3.8, 4) is 0 Å². The monoisotopic (exact) mass is 515 g/mol. The van der Waals surface area contributed by atoms with Gasteiger partial charge in [0.05, 0.1) is 29.4 Å². The fourth-order valence-corrected chi connectivity index (χ4v) is 4.71. The van der Waals surface area contributed by atoms with Gasteiger partial charge in [0.1, 0.15) is 6.04 Å². The van der Waals surface area contributed by atoms with Crippen molar-refractivity contribution < 1.29 is 27.6 Å². The van der Waals surface area contributed by atoms with E-state index < -0.39 is 35.8 Å². The quantitative estimate of drug-likeness (QED) is 0.589. The van der Waals surface area contributed by atoms with E-state index in [4.69, 9.17) is 0 Å². The van der Waals surface area contributed by atoms with Crippen LogP contribution in [-0.2, 0) is 22.3 Å². The van der Waals surface area contributed by atoms with Crippen molar-refractivity contribution in [3.63, 3.8) is 0 Å². The van der Waals surface area contributed by atoms with Crippen LogP contribution in [0.1, 0.15) is 43.0 Å². The summed E-state index contributed by atoms with van der Waals surface area (Å²) in [5.41, 5.74) is -0.0590. The number of aromatic nitrogens is 1. The third-order valence-electron chi connectivity index (χ3n) is 6.53. The zero-order valence-corrected chi connectivity index (χ0v) is 20.7. The second kappa shape index (κ2) is 10.2. The lowest BCUT2D eigenvalue weighted by Gasteiger charge is -2.32. The minimum atomic E-state index is -4.68. The minimum Gasteiger partial charge on any atom is -0.350 e. The Morgan fingerprint density at radius 3 is 2.57 bits per heavy atom. The van der Waals surface area contributed by atoms with E-state index in [-0.39, 0.29) is 41.7 Å². The minimum absolute atomic E-state index is 0.0348. The number of likely N-dealkylation sites (N-methyl/N-ethyl adjacent to an activating group) is 1. The van der Waals surface area contributed by atoms with Crippen molar-refractivity contribution >= 4 is 17.8 Å². The van der Waals surface area contributed by atoms with E-state index in [1.807, 2.05) is 13.8 Å². The fourth-order valence-electron chi connectivity index (χ4n) is 4.71. The van der Waals surface area contributed by atoms with Gasteiger partial charge in [0.2, 0.25) is 5.91 Å². The van der Waals surface area contributed by atoms with Gasteiger partial charge in [-0.05, 0) is 35.6 Å². The summed E-state index contributed by atoms with van der Waals surface area (Å²) >= 11 is 0. The summed E-state index contributed by atoms with van der Waals surface area (Å²) in [4.78, 5) is 46.4. The molecule has 2 unspecified atom stereocenters. The maximum atomic E-state index is 13.8. The van der Waals surface area contributed by atoms with Gasteiger partial charge in [-0.3, -0.25) is 19.5 Å². The summed E-state index contributed by atoms with van der Waals surface area (Å²) in [7, 11) is 1.45. The maximum Gasteiger partial charge on any atom is 0.416 e. The molecule has 4 rings (SSSR count). The maximum absolute atomic E-state index is 13.8. The number of benzene rings is 1. The number of halogens is 3. The van der Waals surface area contributed by atoms with E-state index in [9.17, 15) is 27.6 Å². The zero-order chi connectivity index (χ0) is 26.9. The molecule has 37 heavy (non-hydrogen) atoms. The van der Waals surface area contributed by atoms with Gasteiger partial charge in [0, 0.05) is 26.0 Å². The average Bonchev–Trinajstić information content (AvgIpc) is 3.20. The molecule has 2 aliphatic rings. The third kappa shape index (κ3) is 5.30. The smallest absolute Gasteiger partial charge is 0.350 e. The molecule has 4 amide bonds. The van der Waals surface area contributed by atoms with Gasteiger partial charge in [0.25, 0.3) is 5.91 Å². The molecule has 1 aromatic heterocycles. The SMILES string of the molecule is CC(C)CC(C(=O)NCc1cccnc1)N1CC2=C(C1=O)C(c1ccccc1C(F)(F)F)NC(=O)N2C. The lowest BCUT2D eigenvalue weighted by atomic mass is 9.91. The molecule has 0 spiro atoms. The molecule has 0 fully saturated rings. The Kier molecular flexibility index (Phi) is 7.24. The summed E-state index contributed by atoms with van der Waals surface area (Å²) in [6.07, 6.45) is -1.11. The van der Waals surface area contributed by atoms with Crippen LogP contribution < -0.4 is 10.6 Å². The Hall–Kier alpha value is -3.89. The van der Waals surface area contributed by atoms with E-state index >= 15 is 0 Å². The molecular weight excluding hydrogens is 487 g/mol. The number of alkyl halides is 3. The predicted octanol–water partition coefficient (Wildman–Crippen LogP) is 3.62. The standard InChI is InChI=1S/C26H28F3N5O3/c1-15(2)11-19(23(35)31-13-16-7-6-10-30-12-16)34-14-20-21(24(34)36)22(32-25(37)33(20)3)17-8-4-5-9-18(17)26(27,28)29/h4-10,12,15,19,22H,11,13-14H2,1-3H3,(H,31,35)(H,32,37). The molecule has 0 aliphatic carbocycles. The zero-order valence-electron chi connectivity index (χ0n) is 20.7. The summed E-state index contributed by atoms with van der Waals surface area (Å²) in [5, 5.41) is 5.39. The Morgan fingerprint density at radius 2 is 1.92 bits per heavy atom. The Morgan fingerprint density at radius 1 is 1.19 bits per heavy atom. The molecular formula is C26H28F3N5O3. The number of amides is 4. The number of pyridine rings is 1. The lowest BCUT2D eigenvalue weighted by Crippen LogP contribution is -2.49. The van der Waals surface area contributed by atoms with Crippen LogP contribution in [0.3, 0.4) is 0 Å². The number of carbonyl (C=O) groups excluding carboxylic acids is 3. The van der Waals surface area contributed by atoms with Gasteiger partial charge in [-0.1, -0.05) is 38.1 Å². The highest BCUT2D eigenvalue weighted by Gasteiger charge is 2.48. The summed E-state index contributed by atoms with van der Waals surface area (Å²) < 4.78 is 41.4. The Bertz CT molecular complexity index is 1230. The van der Waals surface area contributed by atoms with Gasteiger partial charge >= 0.3 is 12.2 Å². The predicted molar refractivity (Wildman–Crippen MR) is 129 cm³/mol. The van der Waals surface area contributed by atoms with Crippen LogP contribution in [0.4, 0.5) is 18.0 Å². The number of hydrogen-bond acceptors (Lipinski definition) is 4. The Labute approximate surface area is 212 Å².